The Labute approximate surface area is 239 Å². The lowest BCUT2D eigenvalue weighted by atomic mass is 10.1. The van der Waals surface area contributed by atoms with Crippen LogP contribution in [0.1, 0.15) is 24.2 Å². The van der Waals surface area contributed by atoms with Crippen LogP contribution in [0.4, 0.5) is 23.8 Å². The number of aliphatic carboxylic acids is 1. The smallest absolute Gasteiger partial charge is 0.481 e. The lowest BCUT2D eigenvalue weighted by Gasteiger charge is -2.14. The standard InChI is InChI=1S/C28H22F3N3O5S2/c1-15(17-6-4-3-5-7-17)38-27(37)33-26-19(14-32-34(26)2)22-13-24-23(41-22)12-21(40-24)18-9-8-16(11-25(35)36)10-20(18)39-28(29,30)31/h3-10,12-15H,11H2,1-2H3,(H,33,37)(H,35,36)/t15-/m1/s1. The van der Waals surface area contributed by atoms with E-state index >= 15 is 0 Å². The molecule has 0 fully saturated rings. The highest BCUT2D eigenvalue weighted by atomic mass is 32.1. The first-order valence-corrected chi connectivity index (χ1v) is 13.8. The van der Waals surface area contributed by atoms with Crippen LogP contribution in [0.15, 0.2) is 66.9 Å². The van der Waals surface area contributed by atoms with Crippen molar-refractivity contribution in [3.05, 3.63) is 78.0 Å². The number of carbonyl (C=O) groups excluding carboxylic acids is 1. The molecule has 0 aliphatic rings. The summed E-state index contributed by atoms with van der Waals surface area (Å²) in [5.74, 6) is -1.20. The van der Waals surface area contributed by atoms with E-state index in [1.54, 1.807) is 26.2 Å². The van der Waals surface area contributed by atoms with Crippen LogP contribution in [-0.2, 0) is 23.0 Å². The van der Waals surface area contributed by atoms with Gasteiger partial charge in [-0.3, -0.25) is 14.8 Å². The Bertz CT molecular complexity index is 1700. The zero-order chi connectivity index (χ0) is 29.3. The lowest BCUT2D eigenvalue weighted by molar-refractivity contribution is -0.274. The van der Waals surface area contributed by atoms with E-state index in [-0.39, 0.29) is 11.1 Å². The Kier molecular flexibility index (Phi) is 7.74. The molecule has 1 amide bonds. The topological polar surface area (TPSA) is 103 Å². The predicted molar refractivity (Wildman–Crippen MR) is 150 cm³/mol. The molecule has 41 heavy (non-hydrogen) atoms. The van der Waals surface area contributed by atoms with Gasteiger partial charge in [0.1, 0.15) is 17.7 Å². The number of aromatic nitrogens is 2. The zero-order valence-corrected chi connectivity index (χ0v) is 23.2. The highest BCUT2D eigenvalue weighted by Crippen LogP contribution is 2.46. The number of nitrogens with one attached hydrogen (secondary N) is 1. The van der Waals surface area contributed by atoms with Crippen LogP contribution in [0.3, 0.4) is 0 Å². The number of nitrogens with zero attached hydrogens (tertiary/aromatic N) is 2. The summed E-state index contributed by atoms with van der Waals surface area (Å²) in [5.41, 5.74) is 1.90. The monoisotopic (exact) mass is 601 g/mol. The second kappa shape index (κ2) is 11.3. The number of aryl methyl sites for hydroxylation is 1. The number of amides is 1. The molecule has 5 rings (SSSR count). The van der Waals surface area contributed by atoms with Crippen LogP contribution in [-0.4, -0.2) is 33.3 Å². The number of anilines is 1. The number of hydrogen-bond donors (Lipinski definition) is 2. The summed E-state index contributed by atoms with van der Waals surface area (Å²) in [6.45, 7) is 1.77. The quantitative estimate of drug-likeness (QED) is 0.188. The number of rotatable bonds is 8. The molecule has 212 valence electrons. The molecule has 3 heterocycles. The molecule has 0 saturated carbocycles. The molecular formula is C28H22F3N3O5S2. The summed E-state index contributed by atoms with van der Waals surface area (Å²) < 4.78 is 52.3. The van der Waals surface area contributed by atoms with Crippen LogP contribution in [0.25, 0.3) is 30.3 Å². The van der Waals surface area contributed by atoms with Crippen molar-refractivity contribution in [1.82, 2.24) is 9.78 Å². The molecule has 0 radical (unpaired) electrons. The maximum Gasteiger partial charge on any atom is 0.573 e. The van der Waals surface area contributed by atoms with Gasteiger partial charge in [-0.25, -0.2) is 4.79 Å². The van der Waals surface area contributed by atoms with Crippen molar-refractivity contribution in [1.29, 1.82) is 0 Å². The number of ether oxygens (including phenoxy) is 2. The molecule has 0 unspecified atom stereocenters. The highest BCUT2D eigenvalue weighted by molar-refractivity contribution is 7.31. The average molecular weight is 602 g/mol. The summed E-state index contributed by atoms with van der Waals surface area (Å²) in [5, 5.41) is 16.1. The van der Waals surface area contributed by atoms with Gasteiger partial charge in [-0.1, -0.05) is 36.4 Å². The van der Waals surface area contributed by atoms with Crippen molar-refractivity contribution in [2.24, 2.45) is 7.05 Å². The van der Waals surface area contributed by atoms with Gasteiger partial charge in [-0.2, -0.15) is 5.10 Å². The number of hydrogen-bond acceptors (Lipinski definition) is 7. The van der Waals surface area contributed by atoms with E-state index in [1.807, 2.05) is 36.4 Å². The van der Waals surface area contributed by atoms with E-state index in [4.69, 9.17) is 9.84 Å². The Morgan fingerprint density at radius 1 is 1.02 bits per heavy atom. The van der Waals surface area contributed by atoms with Crippen molar-refractivity contribution in [3.63, 3.8) is 0 Å². The Morgan fingerprint density at radius 2 is 1.68 bits per heavy atom. The molecule has 2 N–H and O–H groups in total. The van der Waals surface area contributed by atoms with Crippen molar-refractivity contribution in [3.8, 4) is 26.6 Å². The van der Waals surface area contributed by atoms with Crippen LogP contribution >= 0.6 is 22.7 Å². The fourth-order valence-corrected chi connectivity index (χ4v) is 6.65. The first-order valence-electron chi connectivity index (χ1n) is 12.2. The predicted octanol–water partition coefficient (Wildman–Crippen LogP) is 7.87. The highest BCUT2D eigenvalue weighted by Gasteiger charge is 2.33. The first-order chi connectivity index (χ1) is 19.5. The Morgan fingerprint density at radius 3 is 2.32 bits per heavy atom. The lowest BCUT2D eigenvalue weighted by Crippen LogP contribution is -2.18. The number of carboxylic acid groups (broad SMARTS) is 1. The summed E-state index contributed by atoms with van der Waals surface area (Å²) in [7, 11) is 1.68. The maximum atomic E-state index is 13.1. The minimum Gasteiger partial charge on any atom is -0.481 e. The first kappa shape index (κ1) is 28.2. The summed E-state index contributed by atoms with van der Waals surface area (Å²) in [6, 6.07) is 16.9. The van der Waals surface area contributed by atoms with E-state index in [2.05, 4.69) is 15.2 Å². The van der Waals surface area contributed by atoms with E-state index in [1.165, 1.54) is 39.5 Å². The van der Waals surface area contributed by atoms with Crippen molar-refractivity contribution < 1.29 is 37.3 Å². The number of fused-ring (bicyclic) bond motifs is 1. The number of carboxylic acids is 1. The minimum absolute atomic E-state index is 0.189. The van der Waals surface area contributed by atoms with Gasteiger partial charge >= 0.3 is 18.4 Å². The molecule has 8 nitrogen and oxygen atoms in total. The zero-order valence-electron chi connectivity index (χ0n) is 21.6. The second-order valence-electron chi connectivity index (χ2n) is 9.01. The van der Waals surface area contributed by atoms with Gasteiger partial charge in [0.15, 0.2) is 0 Å². The normalized spacial score (nSPS) is 12.3. The molecule has 3 aromatic heterocycles. The number of benzene rings is 2. The van der Waals surface area contributed by atoms with E-state index < -0.39 is 36.7 Å². The fourth-order valence-electron chi connectivity index (χ4n) is 4.21. The summed E-state index contributed by atoms with van der Waals surface area (Å²) in [6.07, 6.45) is -4.87. The fraction of sp³-hybridized carbons (Fsp3) is 0.179. The van der Waals surface area contributed by atoms with Gasteiger partial charge in [-0.05, 0) is 42.3 Å². The second-order valence-corrected chi connectivity index (χ2v) is 11.2. The number of halogens is 3. The average Bonchev–Trinajstić information content (AvgIpc) is 3.57. The molecule has 0 spiro atoms. The number of alkyl halides is 3. The van der Waals surface area contributed by atoms with Gasteiger partial charge in [0.2, 0.25) is 0 Å². The third-order valence-corrected chi connectivity index (χ3v) is 8.44. The summed E-state index contributed by atoms with van der Waals surface area (Å²) >= 11 is 2.65. The van der Waals surface area contributed by atoms with Gasteiger partial charge in [-0.15, -0.1) is 35.8 Å². The van der Waals surface area contributed by atoms with Crippen molar-refractivity contribution >= 4 is 50.0 Å². The number of thiophene rings is 2. The molecule has 1 atom stereocenters. The maximum absolute atomic E-state index is 13.1. The molecule has 2 aromatic carbocycles. The van der Waals surface area contributed by atoms with Crippen LogP contribution in [0.5, 0.6) is 5.75 Å². The Hall–Kier alpha value is -4.36. The van der Waals surface area contributed by atoms with Crippen molar-refractivity contribution in [2.75, 3.05) is 5.32 Å². The molecule has 0 bridgehead atoms. The molecule has 0 aliphatic heterocycles. The van der Waals surface area contributed by atoms with E-state index in [9.17, 15) is 22.8 Å². The van der Waals surface area contributed by atoms with E-state index in [0.29, 0.717) is 16.3 Å². The van der Waals surface area contributed by atoms with Crippen molar-refractivity contribution in [2.45, 2.75) is 25.8 Å². The van der Waals surface area contributed by atoms with Crippen LogP contribution in [0.2, 0.25) is 0 Å². The third kappa shape index (κ3) is 6.52. The third-order valence-electron chi connectivity index (χ3n) is 6.08. The Balaban J connectivity index is 1.40. The molecular weight excluding hydrogens is 579 g/mol. The number of carbonyl (C=O) groups is 2. The van der Waals surface area contributed by atoms with Gasteiger partial charge < -0.3 is 14.6 Å². The van der Waals surface area contributed by atoms with Crippen LogP contribution < -0.4 is 10.1 Å². The van der Waals surface area contributed by atoms with Gasteiger partial charge in [0.05, 0.1) is 18.2 Å². The molecule has 0 aliphatic carbocycles. The van der Waals surface area contributed by atoms with Gasteiger partial charge in [0.25, 0.3) is 0 Å². The van der Waals surface area contributed by atoms with Crippen LogP contribution in [0, 0.1) is 0 Å². The molecule has 5 aromatic rings. The largest absolute Gasteiger partial charge is 0.573 e. The van der Waals surface area contributed by atoms with Gasteiger partial charge in [0, 0.05) is 31.8 Å². The molecule has 13 heteroatoms. The minimum atomic E-state index is -4.94. The molecule has 0 saturated heterocycles. The SMILES string of the molecule is C[C@@H](OC(=O)Nc1c(-c2cc3sc(-c4ccc(CC(=O)O)cc4OC(F)(F)F)cc3s2)cnn1C)c1ccccc1. The summed E-state index contributed by atoms with van der Waals surface area (Å²) in [4.78, 5) is 25.0. The van der Waals surface area contributed by atoms with E-state index in [0.717, 1.165) is 25.9 Å².